The van der Waals surface area contributed by atoms with E-state index in [2.05, 4.69) is 179 Å². The van der Waals surface area contributed by atoms with Gasteiger partial charge in [-0.2, -0.15) is 0 Å². The number of benzene rings is 8. The first-order valence-electron chi connectivity index (χ1n) is 16.7. The van der Waals surface area contributed by atoms with Crippen molar-refractivity contribution in [3.05, 3.63) is 182 Å². The van der Waals surface area contributed by atoms with Crippen LogP contribution in [-0.2, 0) is 0 Å². The average Bonchev–Trinajstić information content (AvgIpc) is 3.73. The summed E-state index contributed by atoms with van der Waals surface area (Å²) in [5.74, 6) is 0. The summed E-state index contributed by atoms with van der Waals surface area (Å²) >= 11 is 0. The molecule has 0 amide bonds. The molecule has 0 fully saturated rings. The molecule has 0 spiro atoms. The molecule has 3 heteroatoms. The van der Waals surface area contributed by atoms with Gasteiger partial charge in [-0.15, -0.1) is 0 Å². The number of fused-ring (bicyclic) bond motifs is 8. The van der Waals surface area contributed by atoms with Crippen LogP contribution in [0, 0.1) is 0 Å². The Morgan fingerprint density at radius 3 is 1.86 bits per heavy atom. The van der Waals surface area contributed by atoms with Crippen molar-refractivity contribution in [3.8, 4) is 16.8 Å². The molecule has 10 aromatic rings. The van der Waals surface area contributed by atoms with Crippen molar-refractivity contribution in [1.29, 1.82) is 0 Å². The number of rotatable bonds is 5. The van der Waals surface area contributed by atoms with Gasteiger partial charge in [0.15, 0.2) is 5.58 Å². The van der Waals surface area contributed by atoms with Crippen molar-refractivity contribution in [2.45, 2.75) is 0 Å². The summed E-state index contributed by atoms with van der Waals surface area (Å²) in [5.41, 5.74) is 10.8. The van der Waals surface area contributed by atoms with Gasteiger partial charge in [0, 0.05) is 44.0 Å². The molecule has 0 aliphatic heterocycles. The van der Waals surface area contributed by atoms with Crippen LogP contribution in [0.15, 0.2) is 186 Å². The second-order valence-electron chi connectivity index (χ2n) is 12.6. The fourth-order valence-corrected chi connectivity index (χ4v) is 7.52. The largest absolute Gasteiger partial charge is 0.454 e. The van der Waals surface area contributed by atoms with Crippen LogP contribution in [0.4, 0.5) is 17.1 Å². The third-order valence-electron chi connectivity index (χ3n) is 9.78. The summed E-state index contributed by atoms with van der Waals surface area (Å²) in [6.45, 7) is 0. The summed E-state index contributed by atoms with van der Waals surface area (Å²) in [4.78, 5) is 2.31. The van der Waals surface area contributed by atoms with E-state index in [-0.39, 0.29) is 0 Å². The first-order valence-corrected chi connectivity index (χ1v) is 16.7. The molecular weight excluding hydrogens is 597 g/mol. The van der Waals surface area contributed by atoms with Gasteiger partial charge in [-0.3, -0.25) is 0 Å². The molecule has 2 heterocycles. The van der Waals surface area contributed by atoms with E-state index >= 15 is 0 Å². The summed E-state index contributed by atoms with van der Waals surface area (Å²) in [7, 11) is 0. The van der Waals surface area contributed by atoms with Crippen LogP contribution < -0.4 is 4.90 Å². The monoisotopic (exact) mass is 626 g/mol. The maximum Gasteiger partial charge on any atom is 0.159 e. The molecule has 0 atom stereocenters. The standard InChI is InChI=1S/C46H30N2O/c1-2-11-31(12-3-1)32-21-24-34(25-22-32)47(43-19-10-17-41-39-16-7-9-20-44(39)49-46(41)43)35-26-28-36(29-27-35)48-42-18-8-6-15-38(42)40-30-23-33-13-4-5-14-37(33)45(40)48/h1-30H. The van der Waals surface area contributed by atoms with Crippen LogP contribution >= 0.6 is 0 Å². The van der Waals surface area contributed by atoms with Crippen molar-refractivity contribution < 1.29 is 4.42 Å². The van der Waals surface area contributed by atoms with E-state index in [1.54, 1.807) is 0 Å². The Bertz CT molecular complexity index is 2810. The molecule has 3 nitrogen and oxygen atoms in total. The highest BCUT2D eigenvalue weighted by Gasteiger charge is 2.20. The summed E-state index contributed by atoms with van der Waals surface area (Å²) < 4.78 is 8.99. The van der Waals surface area contributed by atoms with Gasteiger partial charge in [0.25, 0.3) is 0 Å². The Kier molecular flexibility index (Phi) is 6.18. The maximum atomic E-state index is 6.57. The molecule has 2 aromatic heterocycles. The second-order valence-corrected chi connectivity index (χ2v) is 12.6. The van der Waals surface area contributed by atoms with Crippen LogP contribution in [0.3, 0.4) is 0 Å². The SMILES string of the molecule is c1ccc(-c2ccc(N(c3ccc(-n4c5ccccc5c5ccc6ccccc6c54)cc3)c3cccc4c3oc3ccccc34)cc2)cc1. The molecule has 0 bridgehead atoms. The normalized spacial score (nSPS) is 11.7. The Morgan fingerprint density at radius 2 is 1.04 bits per heavy atom. The lowest BCUT2D eigenvalue weighted by molar-refractivity contribution is 0.669. The zero-order valence-electron chi connectivity index (χ0n) is 26.6. The predicted octanol–water partition coefficient (Wildman–Crippen LogP) is 13.0. The molecule has 10 rings (SSSR count). The molecule has 0 saturated carbocycles. The van der Waals surface area contributed by atoms with Crippen molar-refractivity contribution in [2.75, 3.05) is 4.90 Å². The minimum absolute atomic E-state index is 0.869. The Labute approximate surface area is 283 Å². The minimum atomic E-state index is 0.869. The number of para-hydroxylation sites is 3. The molecule has 0 radical (unpaired) electrons. The summed E-state index contributed by atoms with van der Waals surface area (Å²) in [6.07, 6.45) is 0. The summed E-state index contributed by atoms with van der Waals surface area (Å²) in [6, 6.07) is 64.9. The Hall–Kier alpha value is -6.58. The van der Waals surface area contributed by atoms with Crippen molar-refractivity contribution >= 4 is 71.6 Å². The number of hydrogen-bond donors (Lipinski definition) is 0. The van der Waals surface area contributed by atoms with Gasteiger partial charge in [-0.25, -0.2) is 0 Å². The molecule has 0 aliphatic rings. The van der Waals surface area contributed by atoms with Gasteiger partial charge in [-0.05, 0) is 71.1 Å². The van der Waals surface area contributed by atoms with Gasteiger partial charge < -0.3 is 13.9 Å². The fourth-order valence-electron chi connectivity index (χ4n) is 7.52. The zero-order valence-corrected chi connectivity index (χ0v) is 26.6. The van der Waals surface area contributed by atoms with E-state index in [0.29, 0.717) is 0 Å². The van der Waals surface area contributed by atoms with E-state index in [9.17, 15) is 0 Å². The van der Waals surface area contributed by atoms with Gasteiger partial charge in [0.05, 0.1) is 16.7 Å². The van der Waals surface area contributed by atoms with Crippen molar-refractivity contribution in [3.63, 3.8) is 0 Å². The van der Waals surface area contributed by atoms with E-state index in [1.165, 1.54) is 43.7 Å². The third kappa shape index (κ3) is 4.37. The number of furan rings is 1. The Morgan fingerprint density at radius 1 is 0.408 bits per heavy atom. The predicted molar refractivity (Wildman–Crippen MR) is 206 cm³/mol. The van der Waals surface area contributed by atoms with E-state index in [0.717, 1.165) is 44.7 Å². The van der Waals surface area contributed by atoms with Gasteiger partial charge in [0.2, 0.25) is 0 Å². The van der Waals surface area contributed by atoms with Gasteiger partial charge in [-0.1, -0.05) is 127 Å². The third-order valence-corrected chi connectivity index (χ3v) is 9.78. The maximum absolute atomic E-state index is 6.57. The highest BCUT2D eigenvalue weighted by atomic mass is 16.3. The number of anilines is 3. The zero-order chi connectivity index (χ0) is 32.3. The van der Waals surface area contributed by atoms with Crippen molar-refractivity contribution in [2.24, 2.45) is 0 Å². The highest BCUT2D eigenvalue weighted by Crippen LogP contribution is 2.43. The number of hydrogen-bond acceptors (Lipinski definition) is 2. The highest BCUT2D eigenvalue weighted by molar-refractivity contribution is 6.18. The lowest BCUT2D eigenvalue weighted by Crippen LogP contribution is -2.10. The molecule has 49 heavy (non-hydrogen) atoms. The Balaban J connectivity index is 1.17. The van der Waals surface area contributed by atoms with Crippen LogP contribution in [-0.4, -0.2) is 4.57 Å². The van der Waals surface area contributed by atoms with Crippen molar-refractivity contribution in [1.82, 2.24) is 4.57 Å². The average molecular weight is 627 g/mol. The fraction of sp³-hybridized carbons (Fsp3) is 0. The second kappa shape index (κ2) is 11.0. The van der Waals surface area contributed by atoms with E-state index in [4.69, 9.17) is 4.42 Å². The van der Waals surface area contributed by atoms with E-state index in [1.807, 2.05) is 12.1 Å². The van der Waals surface area contributed by atoms with Crippen LogP contribution in [0.5, 0.6) is 0 Å². The minimum Gasteiger partial charge on any atom is -0.454 e. The van der Waals surface area contributed by atoms with Crippen LogP contribution in [0.25, 0.3) is 71.3 Å². The molecule has 0 aliphatic carbocycles. The number of nitrogens with zero attached hydrogens (tertiary/aromatic N) is 2. The first-order chi connectivity index (χ1) is 24.3. The molecule has 230 valence electrons. The molecule has 0 N–H and O–H groups in total. The molecular formula is C46H30N2O. The number of aromatic nitrogens is 1. The van der Waals surface area contributed by atoms with E-state index < -0.39 is 0 Å². The lowest BCUT2D eigenvalue weighted by Gasteiger charge is -2.26. The molecule has 8 aromatic carbocycles. The smallest absolute Gasteiger partial charge is 0.159 e. The van der Waals surface area contributed by atoms with Crippen LogP contribution in [0.1, 0.15) is 0 Å². The summed E-state index contributed by atoms with van der Waals surface area (Å²) in [5, 5.41) is 7.22. The quantitative estimate of drug-likeness (QED) is 0.190. The first kappa shape index (κ1) is 27.5. The van der Waals surface area contributed by atoms with Gasteiger partial charge >= 0.3 is 0 Å². The topological polar surface area (TPSA) is 21.3 Å². The lowest BCUT2D eigenvalue weighted by atomic mass is 10.0. The van der Waals surface area contributed by atoms with Crippen LogP contribution in [0.2, 0.25) is 0 Å². The molecule has 0 unspecified atom stereocenters. The van der Waals surface area contributed by atoms with Gasteiger partial charge in [0.1, 0.15) is 5.58 Å². The molecule has 0 saturated heterocycles.